The van der Waals surface area contributed by atoms with Crippen molar-refractivity contribution in [2.75, 3.05) is 54.1 Å². The number of esters is 2. The topological polar surface area (TPSA) is 141 Å². The molecule has 1 fully saturated rings. The van der Waals surface area contributed by atoms with Crippen molar-refractivity contribution in [1.82, 2.24) is 5.06 Å². The lowest BCUT2D eigenvalue weighted by molar-refractivity contribution is -0.870. The van der Waals surface area contributed by atoms with Gasteiger partial charge in [-0.05, 0) is 52.4 Å². The second-order valence-electron chi connectivity index (χ2n) is 18.9. The highest BCUT2D eigenvalue weighted by Crippen LogP contribution is 2.43. The molecule has 0 aromatic rings. The third-order valence-electron chi connectivity index (χ3n) is 11.4. The van der Waals surface area contributed by atoms with Gasteiger partial charge in [0.1, 0.15) is 25.5 Å². The van der Waals surface area contributed by atoms with Gasteiger partial charge in [-0.15, -0.1) is 10.3 Å². The molecule has 0 bridgehead atoms. The molecule has 0 aliphatic carbocycles. The summed E-state index contributed by atoms with van der Waals surface area (Å²) in [6.45, 7) is 8.71. The first-order valence-corrected chi connectivity index (χ1v) is 25.4. The highest BCUT2D eigenvalue weighted by Gasteiger charge is 2.51. The number of ether oxygens (including phenoxy) is 3. The number of carbonyl (C=O) groups excluding carboxylic acids is 2. The lowest BCUT2D eigenvalue weighted by Gasteiger charge is -2.35. The number of rotatable bonds is 40. The van der Waals surface area contributed by atoms with Crippen molar-refractivity contribution in [2.24, 2.45) is 0 Å². The number of hydroxylamine groups is 2. The van der Waals surface area contributed by atoms with Gasteiger partial charge < -0.3 is 23.6 Å². The van der Waals surface area contributed by atoms with Crippen LogP contribution in [0.1, 0.15) is 214 Å². The number of quaternary nitrogens is 1. The van der Waals surface area contributed by atoms with Crippen molar-refractivity contribution in [3.05, 3.63) is 0 Å². The molecule has 1 aliphatic heterocycles. The van der Waals surface area contributed by atoms with Gasteiger partial charge in [-0.25, -0.2) is 4.57 Å². The van der Waals surface area contributed by atoms with E-state index in [9.17, 15) is 24.3 Å². The van der Waals surface area contributed by atoms with Crippen LogP contribution in [0.5, 0.6) is 0 Å². The van der Waals surface area contributed by atoms with E-state index in [0.29, 0.717) is 24.1 Å². The molecule has 0 amide bonds. The third-order valence-corrected chi connectivity index (χ3v) is 12.4. The van der Waals surface area contributed by atoms with Crippen molar-refractivity contribution < 1.29 is 52.0 Å². The molecule has 59 heavy (non-hydrogen) atoms. The summed E-state index contributed by atoms with van der Waals surface area (Å²) in [5.74, 6) is -0.837. The fraction of sp³-hybridized carbons (Fsp3) is 0.957. The van der Waals surface area contributed by atoms with Gasteiger partial charge in [0.2, 0.25) is 0 Å². The number of phosphoric ester groups is 1. The predicted octanol–water partition coefficient (Wildman–Crippen LogP) is 11.8. The lowest BCUT2D eigenvalue weighted by atomic mass is 9.95. The zero-order chi connectivity index (χ0) is 43.9. The zero-order valence-corrected chi connectivity index (χ0v) is 40.0. The first kappa shape index (κ1) is 55.9. The first-order valence-electron chi connectivity index (χ1n) is 23.9. The van der Waals surface area contributed by atoms with E-state index in [4.69, 9.17) is 23.3 Å². The minimum absolute atomic E-state index is 0.0190. The van der Waals surface area contributed by atoms with Crippen LogP contribution in [0.2, 0.25) is 0 Å². The van der Waals surface area contributed by atoms with Crippen molar-refractivity contribution in [3.8, 4) is 0 Å². The average molecular weight is 863 g/mol. The molecule has 3 atom stereocenters. The summed E-state index contributed by atoms with van der Waals surface area (Å²) in [7, 11) is 1.43. The van der Waals surface area contributed by atoms with Crippen LogP contribution in [0.25, 0.3) is 0 Å². The van der Waals surface area contributed by atoms with E-state index in [2.05, 4.69) is 13.8 Å². The normalized spacial score (nSPS) is 18.5. The number of unbranched alkanes of at least 4 members (excludes halogenated alkanes) is 22. The van der Waals surface area contributed by atoms with Crippen molar-refractivity contribution in [1.29, 1.82) is 0 Å². The number of carbonyl (C=O) groups is 2. The molecular formula is C46H91N2O10P+. The molecule has 1 saturated heterocycles. The monoisotopic (exact) mass is 863 g/mol. The van der Waals surface area contributed by atoms with Gasteiger partial charge >= 0.3 is 19.8 Å². The molecule has 1 N–H and O–H groups in total. The Morgan fingerprint density at radius 1 is 0.661 bits per heavy atom. The van der Waals surface area contributed by atoms with Gasteiger partial charge in [-0.1, -0.05) is 149 Å². The highest BCUT2D eigenvalue weighted by atomic mass is 31.2. The maximum Gasteiger partial charge on any atom is 0.472 e. The van der Waals surface area contributed by atoms with Gasteiger partial charge in [0.05, 0.1) is 39.9 Å². The fourth-order valence-electron chi connectivity index (χ4n) is 7.56. The third kappa shape index (κ3) is 29.0. The lowest BCUT2D eigenvalue weighted by Crippen LogP contribution is -2.49. The molecule has 0 spiro atoms. The zero-order valence-electron chi connectivity index (χ0n) is 39.1. The summed E-state index contributed by atoms with van der Waals surface area (Å²) in [5.41, 5.74) is -1.13. The second-order valence-corrected chi connectivity index (χ2v) is 20.3. The van der Waals surface area contributed by atoms with Gasteiger partial charge in [0.15, 0.2) is 6.10 Å². The molecule has 1 radical (unpaired) electrons. The van der Waals surface area contributed by atoms with E-state index in [1.54, 1.807) is 0 Å². The molecule has 349 valence electrons. The summed E-state index contributed by atoms with van der Waals surface area (Å²) in [6.07, 6.45) is 29.3. The molecule has 0 aromatic carbocycles. The van der Waals surface area contributed by atoms with E-state index in [1.165, 1.54) is 69.3 Å². The van der Waals surface area contributed by atoms with Crippen LogP contribution in [0.4, 0.5) is 0 Å². The van der Waals surface area contributed by atoms with E-state index in [0.717, 1.165) is 103 Å². The summed E-state index contributed by atoms with van der Waals surface area (Å²) < 4.78 is 40.6. The van der Waals surface area contributed by atoms with Crippen LogP contribution >= 0.6 is 7.82 Å². The fourth-order valence-corrected chi connectivity index (χ4v) is 8.30. The largest absolute Gasteiger partial charge is 0.472 e. The van der Waals surface area contributed by atoms with Crippen LogP contribution in [0.3, 0.4) is 0 Å². The number of phosphoric acid groups is 1. The van der Waals surface area contributed by atoms with Crippen LogP contribution in [-0.4, -0.2) is 97.9 Å². The van der Waals surface area contributed by atoms with Crippen molar-refractivity contribution in [2.45, 2.75) is 231 Å². The predicted molar refractivity (Wildman–Crippen MR) is 236 cm³/mol. The Balaban J connectivity index is 2.35. The van der Waals surface area contributed by atoms with Gasteiger partial charge in [0, 0.05) is 12.8 Å². The quantitative estimate of drug-likeness (QED) is 0.0274. The van der Waals surface area contributed by atoms with Gasteiger partial charge in [0.25, 0.3) is 0 Å². The van der Waals surface area contributed by atoms with Crippen LogP contribution in [0.15, 0.2) is 0 Å². The minimum atomic E-state index is -4.40. The molecule has 1 rings (SSSR count). The summed E-state index contributed by atoms with van der Waals surface area (Å²) in [5, 5.41) is 14.4. The molecule has 0 aromatic heterocycles. The van der Waals surface area contributed by atoms with Crippen LogP contribution in [0, 0.1) is 0 Å². The van der Waals surface area contributed by atoms with Gasteiger partial charge in [-0.2, -0.15) is 0 Å². The maximum absolute atomic E-state index is 13.1. The molecule has 13 heteroatoms. The minimum Gasteiger partial charge on any atom is -0.462 e. The molecule has 1 heterocycles. The molecule has 0 saturated carbocycles. The Hall–Kier alpha value is -1.11. The highest BCUT2D eigenvalue weighted by molar-refractivity contribution is 7.47. The SMILES string of the molecule is CCCCCCCCCCCCCCCC(=O)OC[C@H](COP(=O)(O)OCC[N+](C)(C)C)OC(=O)CCCCCCCCCCCC1(CCCCC)OCC(C)(C)N1[O]. The Labute approximate surface area is 361 Å². The smallest absolute Gasteiger partial charge is 0.462 e. The average Bonchev–Trinajstić information content (AvgIpc) is 3.40. The van der Waals surface area contributed by atoms with Crippen LogP contribution < -0.4 is 0 Å². The van der Waals surface area contributed by atoms with E-state index in [1.807, 2.05) is 35.0 Å². The van der Waals surface area contributed by atoms with Crippen LogP contribution in [-0.2, 0) is 42.6 Å². The Morgan fingerprint density at radius 3 is 1.54 bits per heavy atom. The molecule has 1 aliphatic rings. The standard InChI is InChI=1S/C46H90N2O10P/c1-8-10-12-13-14-15-16-17-18-20-23-26-29-33-43(49)54-39-42(40-57-59(52,53)56-38-37-48(5,6)7)58-44(50)34-30-27-24-21-19-22-25-28-32-36-46(35-31-11-9-2)47(51)45(3,4)41-55-46/h42H,8-41H2,1-7H3/p+1/t42-,46?/m1/s1. The van der Waals surface area contributed by atoms with E-state index in [-0.39, 0.29) is 32.0 Å². The molecule has 12 nitrogen and oxygen atoms in total. The summed E-state index contributed by atoms with van der Waals surface area (Å²) in [6, 6.07) is 0. The number of likely N-dealkylation sites (N-methyl/N-ethyl adjacent to an activating group) is 1. The molecular weight excluding hydrogens is 771 g/mol. The van der Waals surface area contributed by atoms with Crippen molar-refractivity contribution in [3.63, 3.8) is 0 Å². The van der Waals surface area contributed by atoms with E-state index < -0.39 is 37.8 Å². The number of hydrogen-bond donors (Lipinski definition) is 1. The Kier molecular flexibility index (Phi) is 30.8. The maximum atomic E-state index is 13.1. The summed E-state index contributed by atoms with van der Waals surface area (Å²) >= 11 is 0. The van der Waals surface area contributed by atoms with E-state index >= 15 is 0 Å². The van der Waals surface area contributed by atoms with Crippen molar-refractivity contribution >= 4 is 19.8 Å². The van der Waals surface area contributed by atoms with Gasteiger partial charge in [-0.3, -0.25) is 18.6 Å². The Bertz CT molecular complexity index is 1120. The number of hydrogen-bond acceptors (Lipinski definition) is 9. The number of nitrogens with zero attached hydrogens (tertiary/aromatic N) is 2. The summed E-state index contributed by atoms with van der Waals surface area (Å²) in [4.78, 5) is 35.5. The Morgan fingerprint density at radius 2 is 1.08 bits per heavy atom. The molecule has 2 unspecified atom stereocenters. The second kappa shape index (κ2) is 32.5. The first-order chi connectivity index (χ1) is 28.1.